The van der Waals surface area contributed by atoms with Crippen LogP contribution in [-0.4, -0.2) is 22.4 Å². The van der Waals surface area contributed by atoms with Crippen molar-refractivity contribution >= 4 is 39.2 Å². The first-order valence-corrected chi connectivity index (χ1v) is 6.03. The van der Waals surface area contributed by atoms with Crippen molar-refractivity contribution in [1.82, 2.24) is 0 Å². The number of aliphatic carboxylic acids is 1. The number of halogens is 2. The average molecular weight is 319 g/mol. The Morgan fingerprint density at radius 2 is 2.35 bits per heavy atom. The molecular formula is C11H9BrClNO3. The van der Waals surface area contributed by atoms with Gasteiger partial charge in [-0.15, -0.1) is 0 Å². The Balaban J connectivity index is 2.26. The fraction of sp³-hybridized carbons (Fsp3) is 0.273. The summed E-state index contributed by atoms with van der Waals surface area (Å²) in [5.41, 5.74) is 0.0713. The van der Waals surface area contributed by atoms with E-state index in [9.17, 15) is 4.79 Å². The molecule has 1 aliphatic rings. The number of hydrogen-bond acceptors (Lipinski definition) is 3. The molecular weight excluding hydrogens is 309 g/mol. The summed E-state index contributed by atoms with van der Waals surface area (Å²) < 4.78 is 0.781. The van der Waals surface area contributed by atoms with E-state index in [1.807, 2.05) is 6.07 Å². The van der Waals surface area contributed by atoms with Crippen LogP contribution >= 0.6 is 27.5 Å². The van der Waals surface area contributed by atoms with Gasteiger partial charge in [-0.3, -0.25) is 0 Å². The van der Waals surface area contributed by atoms with Gasteiger partial charge in [0.25, 0.3) is 0 Å². The topological polar surface area (TPSA) is 58.9 Å². The fourth-order valence-electron chi connectivity index (χ4n) is 1.48. The third-order valence-electron chi connectivity index (χ3n) is 2.57. The van der Waals surface area contributed by atoms with E-state index in [-0.39, 0.29) is 6.42 Å². The van der Waals surface area contributed by atoms with Gasteiger partial charge < -0.3 is 9.94 Å². The minimum Gasteiger partial charge on any atom is -0.478 e. The van der Waals surface area contributed by atoms with E-state index < -0.39 is 11.6 Å². The van der Waals surface area contributed by atoms with Crippen molar-refractivity contribution in [2.75, 3.05) is 0 Å². The third kappa shape index (κ3) is 2.30. The van der Waals surface area contributed by atoms with Gasteiger partial charge in [-0.05, 0) is 35.0 Å². The van der Waals surface area contributed by atoms with Gasteiger partial charge in [-0.2, -0.15) is 0 Å². The van der Waals surface area contributed by atoms with E-state index in [0.717, 1.165) is 10.0 Å². The number of benzene rings is 1. The molecule has 1 aliphatic heterocycles. The van der Waals surface area contributed by atoms with Crippen LogP contribution in [-0.2, 0) is 9.63 Å². The van der Waals surface area contributed by atoms with Gasteiger partial charge in [0.2, 0.25) is 5.60 Å². The molecule has 0 amide bonds. The standard InChI is InChI=1S/C11H9BrClNO3/c1-11(10(15)16)5-9(14-17-11)6-2-3-7(12)8(13)4-6/h2-4H,5H2,1H3,(H,15,16). The molecule has 4 nitrogen and oxygen atoms in total. The Bertz CT molecular complexity index is 517. The molecule has 1 aromatic carbocycles. The van der Waals surface area contributed by atoms with E-state index in [1.54, 1.807) is 12.1 Å². The summed E-state index contributed by atoms with van der Waals surface area (Å²) in [5, 5.41) is 13.4. The number of carbonyl (C=O) groups is 1. The van der Waals surface area contributed by atoms with Gasteiger partial charge in [0, 0.05) is 16.5 Å². The number of nitrogens with zero attached hydrogens (tertiary/aromatic N) is 1. The number of oxime groups is 1. The third-order valence-corrected chi connectivity index (χ3v) is 3.80. The summed E-state index contributed by atoms with van der Waals surface area (Å²) >= 11 is 9.25. The van der Waals surface area contributed by atoms with E-state index in [0.29, 0.717) is 10.7 Å². The van der Waals surface area contributed by atoms with Crippen molar-refractivity contribution < 1.29 is 14.7 Å². The number of carboxylic acid groups (broad SMARTS) is 1. The highest BCUT2D eigenvalue weighted by Crippen LogP contribution is 2.29. The van der Waals surface area contributed by atoms with Crippen LogP contribution in [0, 0.1) is 0 Å². The van der Waals surface area contributed by atoms with Crippen molar-refractivity contribution in [2.45, 2.75) is 18.9 Å². The highest BCUT2D eigenvalue weighted by atomic mass is 79.9. The molecule has 17 heavy (non-hydrogen) atoms. The molecule has 0 fully saturated rings. The second-order valence-electron chi connectivity index (χ2n) is 3.97. The first-order chi connectivity index (χ1) is 7.92. The minimum atomic E-state index is -1.28. The Morgan fingerprint density at radius 3 is 2.88 bits per heavy atom. The molecule has 1 heterocycles. The van der Waals surface area contributed by atoms with E-state index in [1.165, 1.54) is 6.92 Å². The van der Waals surface area contributed by atoms with Gasteiger partial charge in [0.05, 0.1) is 10.7 Å². The Morgan fingerprint density at radius 1 is 1.65 bits per heavy atom. The highest BCUT2D eigenvalue weighted by molar-refractivity contribution is 9.10. The summed E-state index contributed by atoms with van der Waals surface area (Å²) in [6.07, 6.45) is 0.223. The SMILES string of the molecule is CC1(C(=O)O)CC(c2ccc(Br)c(Cl)c2)=NO1. The Hall–Kier alpha value is -1.07. The van der Waals surface area contributed by atoms with E-state index >= 15 is 0 Å². The van der Waals surface area contributed by atoms with Crippen LogP contribution in [0.4, 0.5) is 0 Å². The normalized spacial score (nSPS) is 23.1. The molecule has 0 saturated carbocycles. The molecule has 1 unspecified atom stereocenters. The Kier molecular flexibility index (Phi) is 3.14. The molecule has 0 bridgehead atoms. The van der Waals surface area contributed by atoms with Crippen molar-refractivity contribution in [3.05, 3.63) is 33.3 Å². The molecule has 0 aliphatic carbocycles. The lowest BCUT2D eigenvalue weighted by atomic mass is 9.96. The predicted octanol–water partition coefficient (Wildman–Crippen LogP) is 3.07. The number of carboxylic acids is 1. The zero-order chi connectivity index (χ0) is 12.6. The second kappa shape index (κ2) is 4.31. The van der Waals surface area contributed by atoms with Crippen molar-refractivity contribution in [3.63, 3.8) is 0 Å². The largest absolute Gasteiger partial charge is 0.478 e. The highest BCUT2D eigenvalue weighted by Gasteiger charge is 2.42. The molecule has 0 spiro atoms. The smallest absolute Gasteiger partial charge is 0.351 e. The number of hydrogen-bond donors (Lipinski definition) is 1. The maximum atomic E-state index is 11.0. The molecule has 0 radical (unpaired) electrons. The lowest BCUT2D eigenvalue weighted by Crippen LogP contribution is -2.35. The predicted molar refractivity (Wildman–Crippen MR) is 67.4 cm³/mol. The first kappa shape index (κ1) is 12.4. The van der Waals surface area contributed by atoms with Crippen molar-refractivity contribution in [2.24, 2.45) is 5.16 Å². The second-order valence-corrected chi connectivity index (χ2v) is 5.23. The molecule has 0 aromatic heterocycles. The maximum absolute atomic E-state index is 11.0. The summed E-state index contributed by atoms with van der Waals surface area (Å²) in [4.78, 5) is 16.0. The first-order valence-electron chi connectivity index (χ1n) is 4.86. The van der Waals surface area contributed by atoms with Crippen LogP contribution < -0.4 is 0 Å². The summed E-state index contributed by atoms with van der Waals surface area (Å²) in [7, 11) is 0. The average Bonchev–Trinajstić information content (AvgIpc) is 2.67. The molecule has 1 atom stereocenters. The van der Waals surface area contributed by atoms with Gasteiger partial charge in [0.15, 0.2) is 0 Å². The van der Waals surface area contributed by atoms with Crippen LogP contribution in [0.25, 0.3) is 0 Å². The van der Waals surface area contributed by atoms with Crippen LogP contribution in [0.1, 0.15) is 18.9 Å². The maximum Gasteiger partial charge on any atom is 0.351 e. The van der Waals surface area contributed by atoms with Gasteiger partial charge in [0.1, 0.15) is 0 Å². The molecule has 6 heteroatoms. The van der Waals surface area contributed by atoms with Crippen LogP contribution in [0.2, 0.25) is 5.02 Å². The molecule has 0 saturated heterocycles. The summed E-state index contributed by atoms with van der Waals surface area (Å²) in [5.74, 6) is -1.03. The van der Waals surface area contributed by atoms with Gasteiger partial charge in [-0.1, -0.05) is 22.8 Å². The quantitative estimate of drug-likeness (QED) is 0.911. The molecule has 1 aromatic rings. The van der Waals surface area contributed by atoms with Gasteiger partial charge >= 0.3 is 5.97 Å². The van der Waals surface area contributed by atoms with E-state index in [4.69, 9.17) is 21.5 Å². The van der Waals surface area contributed by atoms with Crippen molar-refractivity contribution in [1.29, 1.82) is 0 Å². The molecule has 1 N–H and O–H groups in total. The lowest BCUT2D eigenvalue weighted by Gasteiger charge is -2.14. The minimum absolute atomic E-state index is 0.223. The zero-order valence-electron chi connectivity index (χ0n) is 8.91. The van der Waals surface area contributed by atoms with Crippen LogP contribution in [0.5, 0.6) is 0 Å². The number of rotatable bonds is 2. The molecule has 90 valence electrons. The monoisotopic (exact) mass is 317 g/mol. The van der Waals surface area contributed by atoms with Crippen molar-refractivity contribution in [3.8, 4) is 0 Å². The zero-order valence-corrected chi connectivity index (χ0v) is 11.2. The molecule has 2 rings (SSSR count). The lowest BCUT2D eigenvalue weighted by molar-refractivity contribution is -0.160. The van der Waals surface area contributed by atoms with E-state index in [2.05, 4.69) is 21.1 Å². The van der Waals surface area contributed by atoms with Crippen LogP contribution in [0.15, 0.2) is 27.8 Å². The Labute approximate surface area is 111 Å². The fourth-order valence-corrected chi connectivity index (χ4v) is 1.91. The summed E-state index contributed by atoms with van der Waals surface area (Å²) in [6.45, 7) is 1.49. The van der Waals surface area contributed by atoms with Crippen LogP contribution in [0.3, 0.4) is 0 Å². The van der Waals surface area contributed by atoms with Gasteiger partial charge in [-0.25, -0.2) is 4.79 Å². The summed E-state index contributed by atoms with van der Waals surface area (Å²) in [6, 6.07) is 5.32.